The average Bonchev–Trinajstić information content (AvgIpc) is 3.01. The summed E-state index contributed by atoms with van der Waals surface area (Å²) in [6, 6.07) is 7.61. The van der Waals surface area contributed by atoms with Crippen LogP contribution in [0.1, 0.15) is 32.5 Å². The Morgan fingerprint density at radius 3 is 2.60 bits per heavy atom. The number of aromatic nitrogens is 1. The van der Waals surface area contributed by atoms with Crippen LogP contribution in [-0.2, 0) is 16.1 Å². The molecule has 3 rings (SSSR count). The number of fused-ring (bicyclic) bond motifs is 1. The molecule has 0 saturated carbocycles. The number of carbonyl (C=O) groups is 2. The summed E-state index contributed by atoms with van der Waals surface area (Å²) >= 11 is 1.12. The number of rotatable bonds is 5. The van der Waals surface area contributed by atoms with Gasteiger partial charge >= 0.3 is 11.9 Å². The molecule has 0 fully saturated rings. The van der Waals surface area contributed by atoms with E-state index in [1.165, 1.54) is 30.6 Å². The molecule has 7 heteroatoms. The van der Waals surface area contributed by atoms with E-state index >= 15 is 0 Å². The zero-order valence-corrected chi connectivity index (χ0v) is 14.1. The second kappa shape index (κ2) is 7.40. The van der Waals surface area contributed by atoms with Gasteiger partial charge in [-0.3, -0.25) is 4.98 Å². The van der Waals surface area contributed by atoms with Crippen LogP contribution in [0.25, 0.3) is 10.1 Å². The number of esters is 2. The summed E-state index contributed by atoms with van der Waals surface area (Å²) < 4.78 is 25.2. The van der Waals surface area contributed by atoms with Gasteiger partial charge in [0.15, 0.2) is 0 Å². The van der Waals surface area contributed by atoms with Crippen LogP contribution in [0, 0.1) is 5.82 Å². The van der Waals surface area contributed by atoms with Gasteiger partial charge in [-0.15, -0.1) is 11.3 Å². The number of hydrogen-bond acceptors (Lipinski definition) is 6. The van der Waals surface area contributed by atoms with Crippen molar-refractivity contribution in [2.75, 3.05) is 6.61 Å². The maximum absolute atomic E-state index is 14.3. The Labute approximate surface area is 147 Å². The van der Waals surface area contributed by atoms with E-state index < -0.39 is 17.8 Å². The number of benzene rings is 1. The van der Waals surface area contributed by atoms with Gasteiger partial charge in [-0.25, -0.2) is 14.0 Å². The molecule has 128 valence electrons. The molecule has 2 heterocycles. The first-order chi connectivity index (χ1) is 12.1. The van der Waals surface area contributed by atoms with E-state index in [1.807, 2.05) is 0 Å². The van der Waals surface area contributed by atoms with Crippen LogP contribution in [0.5, 0.6) is 0 Å². The minimum absolute atomic E-state index is 0.200. The van der Waals surface area contributed by atoms with Crippen LogP contribution in [0.3, 0.4) is 0 Å². The maximum atomic E-state index is 14.3. The van der Waals surface area contributed by atoms with Crippen molar-refractivity contribution in [3.05, 3.63) is 64.5 Å². The Kier molecular flexibility index (Phi) is 5.04. The third-order valence-corrected chi connectivity index (χ3v) is 4.67. The highest BCUT2D eigenvalue weighted by Gasteiger charge is 2.23. The summed E-state index contributed by atoms with van der Waals surface area (Å²) in [5.41, 5.74) is 0.645. The Morgan fingerprint density at radius 1 is 1.12 bits per heavy atom. The summed E-state index contributed by atoms with van der Waals surface area (Å²) in [5, 5.41) is 0.276. The number of pyridine rings is 1. The molecule has 1 aromatic carbocycles. The number of nitrogens with zero attached hydrogens (tertiary/aromatic N) is 1. The quantitative estimate of drug-likeness (QED) is 0.645. The molecule has 0 amide bonds. The number of halogens is 1. The molecule has 0 unspecified atom stereocenters. The number of hydrogen-bond donors (Lipinski definition) is 0. The van der Waals surface area contributed by atoms with Crippen LogP contribution < -0.4 is 0 Å². The lowest BCUT2D eigenvalue weighted by Crippen LogP contribution is -2.09. The van der Waals surface area contributed by atoms with E-state index in [-0.39, 0.29) is 23.5 Å². The molecule has 0 aliphatic heterocycles. The molecule has 3 aromatic rings. The van der Waals surface area contributed by atoms with E-state index in [2.05, 4.69) is 4.98 Å². The van der Waals surface area contributed by atoms with Gasteiger partial charge in [-0.1, -0.05) is 6.07 Å². The molecule has 0 bridgehead atoms. The molecule has 0 radical (unpaired) electrons. The second-order valence-electron chi connectivity index (χ2n) is 5.06. The fourth-order valence-corrected chi connectivity index (χ4v) is 3.49. The summed E-state index contributed by atoms with van der Waals surface area (Å²) in [6.45, 7) is 1.66. The molecule has 25 heavy (non-hydrogen) atoms. The molecule has 0 saturated heterocycles. The SMILES string of the molecule is CCOC(=O)c1sc2cccc(F)c2c1COC(=O)c1ccncc1. The van der Waals surface area contributed by atoms with Gasteiger partial charge in [0.05, 0.1) is 12.2 Å². The predicted molar refractivity (Wildman–Crippen MR) is 91.1 cm³/mol. The smallest absolute Gasteiger partial charge is 0.348 e. The van der Waals surface area contributed by atoms with Gasteiger partial charge in [-0.2, -0.15) is 0 Å². The Balaban J connectivity index is 1.94. The van der Waals surface area contributed by atoms with Gasteiger partial charge in [-0.05, 0) is 31.2 Å². The van der Waals surface area contributed by atoms with E-state index in [0.29, 0.717) is 15.8 Å². The van der Waals surface area contributed by atoms with Crippen molar-refractivity contribution < 1.29 is 23.5 Å². The Bertz CT molecular complexity index is 923. The zero-order chi connectivity index (χ0) is 17.8. The van der Waals surface area contributed by atoms with Gasteiger partial charge in [0.25, 0.3) is 0 Å². The van der Waals surface area contributed by atoms with Gasteiger partial charge in [0.1, 0.15) is 17.3 Å². The minimum Gasteiger partial charge on any atom is -0.462 e. The molecule has 0 N–H and O–H groups in total. The highest BCUT2D eigenvalue weighted by Crippen LogP contribution is 2.34. The topological polar surface area (TPSA) is 65.5 Å². The lowest BCUT2D eigenvalue weighted by atomic mass is 10.1. The molecular weight excluding hydrogens is 345 g/mol. The van der Waals surface area contributed by atoms with E-state index in [0.717, 1.165) is 11.3 Å². The first kappa shape index (κ1) is 17.0. The van der Waals surface area contributed by atoms with E-state index in [1.54, 1.807) is 19.1 Å². The van der Waals surface area contributed by atoms with Gasteiger partial charge in [0, 0.05) is 28.0 Å². The molecular formula is C18H14FNO4S. The summed E-state index contributed by atoms with van der Waals surface area (Å²) in [6.07, 6.45) is 2.95. The van der Waals surface area contributed by atoms with Crippen molar-refractivity contribution in [1.29, 1.82) is 0 Å². The molecule has 0 atom stereocenters. The van der Waals surface area contributed by atoms with E-state index in [9.17, 15) is 14.0 Å². The Morgan fingerprint density at radius 2 is 1.88 bits per heavy atom. The maximum Gasteiger partial charge on any atom is 0.348 e. The highest BCUT2D eigenvalue weighted by atomic mass is 32.1. The third kappa shape index (κ3) is 3.51. The average molecular weight is 359 g/mol. The highest BCUT2D eigenvalue weighted by molar-refractivity contribution is 7.21. The van der Waals surface area contributed by atoms with Crippen molar-refractivity contribution in [3.63, 3.8) is 0 Å². The van der Waals surface area contributed by atoms with Crippen molar-refractivity contribution in [2.45, 2.75) is 13.5 Å². The largest absolute Gasteiger partial charge is 0.462 e. The first-order valence-electron chi connectivity index (χ1n) is 7.56. The fraction of sp³-hybridized carbons (Fsp3) is 0.167. The first-order valence-corrected chi connectivity index (χ1v) is 8.37. The van der Waals surface area contributed by atoms with Gasteiger partial charge < -0.3 is 9.47 Å². The molecule has 0 spiro atoms. The summed E-state index contributed by atoms with van der Waals surface area (Å²) in [7, 11) is 0. The van der Waals surface area contributed by atoms with Gasteiger partial charge in [0.2, 0.25) is 0 Å². The van der Waals surface area contributed by atoms with Crippen LogP contribution in [-0.4, -0.2) is 23.5 Å². The van der Waals surface area contributed by atoms with Crippen LogP contribution >= 0.6 is 11.3 Å². The normalized spacial score (nSPS) is 10.6. The Hall–Kier alpha value is -2.80. The van der Waals surface area contributed by atoms with Crippen molar-refractivity contribution in [3.8, 4) is 0 Å². The van der Waals surface area contributed by atoms with Crippen molar-refractivity contribution >= 4 is 33.4 Å². The van der Waals surface area contributed by atoms with Crippen molar-refractivity contribution in [2.24, 2.45) is 0 Å². The fourth-order valence-electron chi connectivity index (χ4n) is 2.38. The van der Waals surface area contributed by atoms with Crippen LogP contribution in [0.4, 0.5) is 4.39 Å². The lowest BCUT2D eigenvalue weighted by molar-refractivity contribution is 0.0454. The number of ether oxygens (including phenoxy) is 2. The zero-order valence-electron chi connectivity index (χ0n) is 13.3. The molecule has 0 aliphatic rings. The summed E-state index contributed by atoms with van der Waals surface area (Å²) in [4.78, 5) is 28.4. The molecule has 2 aromatic heterocycles. The van der Waals surface area contributed by atoms with E-state index in [4.69, 9.17) is 9.47 Å². The number of thiophene rings is 1. The second-order valence-corrected chi connectivity index (χ2v) is 6.11. The minimum atomic E-state index is -0.576. The lowest BCUT2D eigenvalue weighted by Gasteiger charge is -2.07. The standard InChI is InChI=1S/C18H14FNO4S/c1-2-23-18(22)16-12(15-13(19)4-3-5-14(15)25-16)10-24-17(21)11-6-8-20-9-7-11/h3-9H,2,10H2,1H3. The summed E-state index contributed by atoms with van der Waals surface area (Å²) in [5.74, 6) is -1.61. The molecule has 0 aliphatic carbocycles. The predicted octanol–water partition coefficient (Wildman–Crippen LogP) is 3.97. The monoisotopic (exact) mass is 359 g/mol. The third-order valence-electron chi connectivity index (χ3n) is 3.49. The van der Waals surface area contributed by atoms with Crippen LogP contribution in [0.15, 0.2) is 42.7 Å². The van der Waals surface area contributed by atoms with Crippen molar-refractivity contribution in [1.82, 2.24) is 4.98 Å². The van der Waals surface area contributed by atoms with Crippen LogP contribution in [0.2, 0.25) is 0 Å². The molecule has 5 nitrogen and oxygen atoms in total. The number of carbonyl (C=O) groups excluding carboxylic acids is 2.